The number of pyridine rings is 2. The van der Waals surface area contributed by atoms with Gasteiger partial charge in [0.05, 0.1) is 16.8 Å². The molecule has 1 saturated carbocycles. The van der Waals surface area contributed by atoms with Crippen LogP contribution in [0.15, 0.2) is 48.7 Å². The summed E-state index contributed by atoms with van der Waals surface area (Å²) in [6, 6.07) is 13.5. The number of hydrogen-bond acceptors (Lipinski definition) is 6. The molecule has 1 fully saturated rings. The smallest absolute Gasteiger partial charge is 0.407 e. The predicted octanol–water partition coefficient (Wildman–Crippen LogP) is 5.42. The molecule has 1 aromatic carbocycles. The number of para-hydroxylation sites is 1. The number of carbonyl (C=O) groups is 2. The topological polar surface area (TPSA) is 96.5 Å². The summed E-state index contributed by atoms with van der Waals surface area (Å²) in [5.74, 6) is 1.64. The Morgan fingerprint density at radius 1 is 0.974 bits per heavy atom. The number of hydrogen-bond donors (Lipinski definition) is 2. The molecular formula is C30H39N5O3. The molecule has 38 heavy (non-hydrogen) atoms. The van der Waals surface area contributed by atoms with Gasteiger partial charge in [0.25, 0.3) is 5.91 Å². The molecule has 2 N–H and O–H groups in total. The van der Waals surface area contributed by atoms with E-state index in [4.69, 9.17) is 9.72 Å². The van der Waals surface area contributed by atoms with Crippen LogP contribution < -0.4 is 15.5 Å². The molecule has 8 heteroatoms. The molecule has 0 radical (unpaired) electrons. The highest BCUT2D eigenvalue weighted by atomic mass is 16.6. The molecule has 0 atom stereocenters. The molecule has 4 rings (SSSR count). The van der Waals surface area contributed by atoms with Crippen molar-refractivity contribution in [3.8, 4) is 11.3 Å². The van der Waals surface area contributed by atoms with Crippen LogP contribution in [0.1, 0.15) is 56.8 Å². The zero-order chi connectivity index (χ0) is 27.3. The van der Waals surface area contributed by atoms with E-state index in [0.717, 1.165) is 53.7 Å². The van der Waals surface area contributed by atoms with Crippen molar-refractivity contribution in [1.29, 1.82) is 0 Å². The molecule has 0 saturated heterocycles. The van der Waals surface area contributed by atoms with Crippen molar-refractivity contribution in [2.75, 3.05) is 32.1 Å². The Balaban J connectivity index is 1.36. The fourth-order valence-corrected chi connectivity index (χ4v) is 4.83. The lowest BCUT2D eigenvalue weighted by Gasteiger charge is -2.29. The zero-order valence-electron chi connectivity index (χ0n) is 23.1. The Morgan fingerprint density at radius 3 is 2.24 bits per heavy atom. The fourth-order valence-electron chi connectivity index (χ4n) is 4.83. The van der Waals surface area contributed by atoms with E-state index in [1.807, 2.05) is 82.2 Å². The maximum atomic E-state index is 13.4. The highest BCUT2D eigenvalue weighted by Gasteiger charge is 2.24. The number of rotatable bonds is 7. The number of benzene rings is 1. The van der Waals surface area contributed by atoms with E-state index in [-0.39, 0.29) is 12.0 Å². The van der Waals surface area contributed by atoms with E-state index in [1.165, 1.54) is 0 Å². The molecule has 0 bridgehead atoms. The van der Waals surface area contributed by atoms with Crippen molar-refractivity contribution in [3.05, 3.63) is 54.2 Å². The minimum absolute atomic E-state index is 0.0866. The summed E-state index contributed by atoms with van der Waals surface area (Å²) in [6.45, 7) is 6.85. The maximum absolute atomic E-state index is 13.4. The average Bonchev–Trinajstić information content (AvgIpc) is 2.89. The lowest BCUT2D eigenvalue weighted by molar-refractivity contribution is 0.0512. The van der Waals surface area contributed by atoms with Crippen LogP contribution in [0.3, 0.4) is 0 Å². The Labute approximate surface area is 225 Å². The molecule has 0 unspecified atom stereocenters. The van der Waals surface area contributed by atoms with Gasteiger partial charge < -0.3 is 20.3 Å². The number of carbonyl (C=O) groups excluding carboxylic acids is 2. The number of anilines is 1. The number of nitrogens with one attached hydrogen (secondary N) is 2. The van der Waals surface area contributed by atoms with Gasteiger partial charge in [0.2, 0.25) is 0 Å². The normalized spacial score (nSPS) is 17.6. The van der Waals surface area contributed by atoms with E-state index in [2.05, 4.69) is 15.6 Å². The standard InChI is InChI=1S/C30H39N5O3/c1-30(2,3)38-29(37)33-18-21-12-10-20(11-13-21)17-32-28(36)24-16-26(34-25-9-7-6-8-23(24)25)22-14-15-27(31-19-22)35(4)5/h6-9,14-16,19-21H,10-13,17-18H2,1-5H3,(H,32,36)(H,33,37). The van der Waals surface area contributed by atoms with E-state index >= 15 is 0 Å². The summed E-state index contributed by atoms with van der Waals surface area (Å²) in [7, 11) is 3.90. The van der Waals surface area contributed by atoms with Gasteiger partial charge in [0.1, 0.15) is 11.4 Å². The maximum Gasteiger partial charge on any atom is 0.407 e. The SMILES string of the molecule is CN(C)c1ccc(-c2cc(C(=O)NCC3CCC(CNC(=O)OC(C)(C)C)CC3)c3ccccc3n2)cn1. The zero-order valence-corrected chi connectivity index (χ0v) is 23.1. The Kier molecular flexibility index (Phi) is 8.49. The number of aromatic nitrogens is 2. The third-order valence-corrected chi connectivity index (χ3v) is 6.91. The molecule has 2 aromatic heterocycles. The second kappa shape index (κ2) is 11.8. The number of amides is 2. The first kappa shape index (κ1) is 27.4. The molecule has 8 nitrogen and oxygen atoms in total. The van der Waals surface area contributed by atoms with Gasteiger partial charge in [-0.3, -0.25) is 4.79 Å². The fraction of sp³-hybridized carbons (Fsp3) is 0.467. The van der Waals surface area contributed by atoms with Gasteiger partial charge in [-0.05, 0) is 82.6 Å². The van der Waals surface area contributed by atoms with E-state index < -0.39 is 5.60 Å². The summed E-state index contributed by atoms with van der Waals surface area (Å²) in [5, 5.41) is 6.91. The van der Waals surface area contributed by atoms with E-state index in [1.54, 1.807) is 6.20 Å². The summed E-state index contributed by atoms with van der Waals surface area (Å²) < 4.78 is 5.33. The van der Waals surface area contributed by atoms with Crippen molar-refractivity contribution in [1.82, 2.24) is 20.6 Å². The monoisotopic (exact) mass is 517 g/mol. The molecular weight excluding hydrogens is 478 g/mol. The van der Waals surface area contributed by atoms with Gasteiger partial charge >= 0.3 is 6.09 Å². The first-order valence-corrected chi connectivity index (χ1v) is 13.4. The van der Waals surface area contributed by atoms with Crippen LogP contribution in [-0.4, -0.2) is 54.8 Å². The number of nitrogens with zero attached hydrogens (tertiary/aromatic N) is 3. The van der Waals surface area contributed by atoms with Crippen molar-refractivity contribution in [2.24, 2.45) is 11.8 Å². The van der Waals surface area contributed by atoms with E-state index in [0.29, 0.717) is 30.5 Å². The van der Waals surface area contributed by atoms with Gasteiger partial charge in [-0.1, -0.05) is 18.2 Å². The lowest BCUT2D eigenvalue weighted by atomic mass is 9.82. The second-order valence-electron chi connectivity index (χ2n) is 11.4. The predicted molar refractivity (Wildman–Crippen MR) is 151 cm³/mol. The largest absolute Gasteiger partial charge is 0.444 e. The van der Waals surface area contributed by atoms with Crippen molar-refractivity contribution >= 4 is 28.7 Å². The summed E-state index contributed by atoms with van der Waals surface area (Å²) >= 11 is 0. The molecule has 3 aromatic rings. The highest BCUT2D eigenvalue weighted by Crippen LogP contribution is 2.29. The highest BCUT2D eigenvalue weighted by molar-refractivity contribution is 6.07. The average molecular weight is 518 g/mol. The molecule has 202 valence electrons. The third kappa shape index (κ3) is 7.21. The number of fused-ring (bicyclic) bond motifs is 1. The van der Waals surface area contributed by atoms with Crippen LogP contribution in [0.5, 0.6) is 0 Å². The van der Waals surface area contributed by atoms with Gasteiger partial charge in [0.15, 0.2) is 0 Å². The van der Waals surface area contributed by atoms with Crippen molar-refractivity contribution < 1.29 is 14.3 Å². The van der Waals surface area contributed by atoms with Gasteiger partial charge in [-0.2, -0.15) is 0 Å². The van der Waals surface area contributed by atoms with Gasteiger partial charge in [-0.15, -0.1) is 0 Å². The van der Waals surface area contributed by atoms with E-state index in [9.17, 15) is 9.59 Å². The summed E-state index contributed by atoms with van der Waals surface area (Å²) in [5.41, 5.74) is 2.51. The molecule has 2 amide bonds. The van der Waals surface area contributed by atoms with Crippen molar-refractivity contribution in [3.63, 3.8) is 0 Å². The molecule has 2 heterocycles. The molecule has 0 spiro atoms. The van der Waals surface area contributed by atoms with Crippen LogP contribution in [-0.2, 0) is 4.74 Å². The summed E-state index contributed by atoms with van der Waals surface area (Å²) in [4.78, 5) is 36.5. The lowest BCUT2D eigenvalue weighted by Crippen LogP contribution is -2.37. The Hall–Kier alpha value is -3.68. The third-order valence-electron chi connectivity index (χ3n) is 6.91. The number of alkyl carbamates (subject to hydrolysis) is 1. The van der Waals surface area contributed by atoms with Crippen LogP contribution in [0.2, 0.25) is 0 Å². The van der Waals surface area contributed by atoms with Gasteiger partial charge in [-0.25, -0.2) is 14.8 Å². The van der Waals surface area contributed by atoms with Crippen molar-refractivity contribution in [2.45, 2.75) is 52.1 Å². The quantitative estimate of drug-likeness (QED) is 0.434. The minimum Gasteiger partial charge on any atom is -0.444 e. The van der Waals surface area contributed by atoms with Crippen LogP contribution in [0.25, 0.3) is 22.2 Å². The van der Waals surface area contributed by atoms with Crippen LogP contribution in [0, 0.1) is 11.8 Å². The second-order valence-corrected chi connectivity index (χ2v) is 11.4. The van der Waals surface area contributed by atoms with Crippen LogP contribution >= 0.6 is 0 Å². The molecule has 1 aliphatic rings. The first-order valence-electron chi connectivity index (χ1n) is 13.4. The Morgan fingerprint density at radius 2 is 1.63 bits per heavy atom. The minimum atomic E-state index is -0.492. The first-order chi connectivity index (χ1) is 18.1. The Bertz CT molecular complexity index is 1260. The molecule has 0 aliphatic heterocycles. The summed E-state index contributed by atoms with van der Waals surface area (Å²) in [6.07, 6.45) is 5.52. The van der Waals surface area contributed by atoms with Gasteiger partial charge in [0, 0.05) is 44.3 Å². The number of ether oxygens (including phenoxy) is 1. The molecule has 1 aliphatic carbocycles. The van der Waals surface area contributed by atoms with Crippen LogP contribution in [0.4, 0.5) is 10.6 Å².